The van der Waals surface area contributed by atoms with Crippen molar-refractivity contribution in [3.63, 3.8) is 0 Å². The minimum atomic E-state index is -0.549. The molecule has 0 amide bonds. The zero-order chi connectivity index (χ0) is 14.4. The van der Waals surface area contributed by atoms with Crippen LogP contribution in [0.3, 0.4) is 0 Å². The van der Waals surface area contributed by atoms with Gasteiger partial charge in [0, 0.05) is 0 Å². The van der Waals surface area contributed by atoms with Crippen molar-refractivity contribution < 1.29 is 19.1 Å². The van der Waals surface area contributed by atoms with Crippen LogP contribution in [0.25, 0.3) is 0 Å². The Kier molecular flexibility index (Phi) is 6.02. The maximum absolute atomic E-state index is 12.1. The highest BCUT2D eigenvalue weighted by Crippen LogP contribution is 2.33. The molecular formula is C14H17BrO4. The summed E-state index contributed by atoms with van der Waals surface area (Å²) in [5.74, 6) is -0.129. The van der Waals surface area contributed by atoms with Gasteiger partial charge in [-0.2, -0.15) is 0 Å². The van der Waals surface area contributed by atoms with Crippen LogP contribution in [-0.2, 0) is 9.53 Å². The van der Waals surface area contributed by atoms with Crippen molar-refractivity contribution >= 4 is 27.7 Å². The lowest BCUT2D eigenvalue weighted by molar-refractivity contribution is -0.116. The SMILES string of the molecule is CCOC(=O)c1c(OCC)cccc1C(Br)C(C)=O. The van der Waals surface area contributed by atoms with Gasteiger partial charge in [-0.25, -0.2) is 4.79 Å². The minimum absolute atomic E-state index is 0.0841. The number of halogens is 1. The van der Waals surface area contributed by atoms with Crippen LogP contribution in [0.5, 0.6) is 5.75 Å². The Morgan fingerprint density at radius 3 is 2.47 bits per heavy atom. The monoisotopic (exact) mass is 328 g/mol. The third-order valence-electron chi connectivity index (χ3n) is 2.47. The van der Waals surface area contributed by atoms with Crippen molar-refractivity contribution in [2.75, 3.05) is 13.2 Å². The number of alkyl halides is 1. The molecule has 1 aromatic rings. The fraction of sp³-hybridized carbons (Fsp3) is 0.429. The zero-order valence-electron chi connectivity index (χ0n) is 11.2. The van der Waals surface area contributed by atoms with Crippen molar-refractivity contribution in [3.05, 3.63) is 29.3 Å². The Labute approximate surface area is 121 Å². The van der Waals surface area contributed by atoms with Gasteiger partial charge >= 0.3 is 5.97 Å². The molecule has 4 nitrogen and oxygen atoms in total. The lowest BCUT2D eigenvalue weighted by Crippen LogP contribution is -2.14. The van der Waals surface area contributed by atoms with Gasteiger partial charge in [0.15, 0.2) is 0 Å². The van der Waals surface area contributed by atoms with Gasteiger partial charge in [0.25, 0.3) is 0 Å². The van der Waals surface area contributed by atoms with Crippen LogP contribution in [0.15, 0.2) is 18.2 Å². The van der Waals surface area contributed by atoms with Crippen molar-refractivity contribution in [2.24, 2.45) is 0 Å². The summed E-state index contributed by atoms with van der Waals surface area (Å²) in [4.78, 5) is 23.0. The van der Waals surface area contributed by atoms with Crippen LogP contribution in [-0.4, -0.2) is 25.0 Å². The molecule has 19 heavy (non-hydrogen) atoms. The van der Waals surface area contributed by atoms with Gasteiger partial charge in [-0.3, -0.25) is 4.79 Å². The first kappa shape index (κ1) is 15.7. The van der Waals surface area contributed by atoms with Crippen LogP contribution >= 0.6 is 15.9 Å². The van der Waals surface area contributed by atoms with Crippen LogP contribution in [0.1, 0.15) is 41.5 Å². The molecule has 0 radical (unpaired) electrons. The molecule has 0 aliphatic carbocycles. The van der Waals surface area contributed by atoms with E-state index in [1.54, 1.807) is 25.1 Å². The van der Waals surface area contributed by atoms with Gasteiger partial charge in [-0.15, -0.1) is 0 Å². The Balaban J connectivity index is 3.32. The molecule has 0 saturated carbocycles. The van der Waals surface area contributed by atoms with Crippen molar-refractivity contribution in [1.82, 2.24) is 0 Å². The van der Waals surface area contributed by atoms with Crippen LogP contribution < -0.4 is 4.74 Å². The number of benzene rings is 1. The number of carbonyl (C=O) groups excluding carboxylic acids is 2. The summed E-state index contributed by atoms with van der Waals surface area (Å²) in [5, 5.41) is 0. The highest BCUT2D eigenvalue weighted by molar-refractivity contribution is 9.09. The highest BCUT2D eigenvalue weighted by atomic mass is 79.9. The quantitative estimate of drug-likeness (QED) is 0.594. The Hall–Kier alpha value is -1.36. The summed E-state index contributed by atoms with van der Waals surface area (Å²) in [7, 11) is 0. The molecule has 0 heterocycles. The van der Waals surface area contributed by atoms with Crippen molar-refractivity contribution in [1.29, 1.82) is 0 Å². The molecule has 0 saturated heterocycles. The van der Waals surface area contributed by atoms with Crippen LogP contribution in [0.4, 0.5) is 0 Å². The average molecular weight is 329 g/mol. The average Bonchev–Trinajstić information content (AvgIpc) is 2.38. The Morgan fingerprint density at radius 2 is 1.95 bits per heavy atom. The summed E-state index contributed by atoms with van der Waals surface area (Å²) in [6.07, 6.45) is 0. The van der Waals surface area contributed by atoms with Gasteiger partial charge in [0.1, 0.15) is 17.1 Å². The van der Waals surface area contributed by atoms with Crippen molar-refractivity contribution in [2.45, 2.75) is 25.6 Å². The minimum Gasteiger partial charge on any atom is -0.493 e. The van der Waals surface area contributed by atoms with E-state index < -0.39 is 10.8 Å². The van der Waals surface area contributed by atoms with E-state index in [4.69, 9.17) is 9.47 Å². The Morgan fingerprint density at radius 1 is 1.26 bits per heavy atom. The molecule has 5 heteroatoms. The number of Topliss-reactive ketones (excluding diaryl/α,β-unsaturated/α-hetero) is 1. The fourth-order valence-electron chi connectivity index (χ4n) is 1.68. The lowest BCUT2D eigenvalue weighted by Gasteiger charge is -2.16. The lowest BCUT2D eigenvalue weighted by atomic mass is 10.0. The molecule has 1 atom stereocenters. The standard InChI is InChI=1S/C14H17BrO4/c1-4-18-11-8-6-7-10(13(15)9(3)16)12(11)14(17)19-5-2/h6-8,13H,4-5H2,1-3H3. The van der Waals surface area contributed by atoms with E-state index in [0.29, 0.717) is 23.5 Å². The molecule has 0 aromatic heterocycles. The molecule has 0 aliphatic heterocycles. The van der Waals surface area contributed by atoms with E-state index in [0.717, 1.165) is 0 Å². The number of ketones is 1. The summed E-state index contributed by atoms with van der Waals surface area (Å²) in [6.45, 7) is 5.73. The number of hydrogen-bond acceptors (Lipinski definition) is 4. The number of ether oxygens (including phenoxy) is 2. The predicted molar refractivity (Wildman–Crippen MR) is 75.9 cm³/mol. The largest absolute Gasteiger partial charge is 0.493 e. The summed E-state index contributed by atoms with van der Waals surface area (Å²) >= 11 is 3.29. The van der Waals surface area contributed by atoms with Crippen LogP contribution in [0, 0.1) is 0 Å². The third-order valence-corrected chi connectivity index (χ3v) is 3.61. The topological polar surface area (TPSA) is 52.6 Å². The van der Waals surface area contributed by atoms with E-state index >= 15 is 0 Å². The van der Waals surface area contributed by atoms with E-state index in [1.165, 1.54) is 6.92 Å². The predicted octanol–water partition coefficient (Wildman–Crippen LogP) is 3.29. The second-order valence-electron chi connectivity index (χ2n) is 3.85. The maximum Gasteiger partial charge on any atom is 0.342 e. The van der Waals surface area contributed by atoms with E-state index in [2.05, 4.69) is 15.9 Å². The van der Waals surface area contributed by atoms with Crippen molar-refractivity contribution in [3.8, 4) is 5.75 Å². The summed E-state index contributed by atoms with van der Waals surface area (Å²) in [5.41, 5.74) is 0.875. The first-order chi connectivity index (χ1) is 9.02. The van der Waals surface area contributed by atoms with Gasteiger partial charge in [0.05, 0.1) is 18.0 Å². The first-order valence-corrected chi connectivity index (χ1v) is 7.01. The summed E-state index contributed by atoms with van der Waals surface area (Å²) in [6, 6.07) is 5.16. The Bertz CT molecular complexity index is 471. The maximum atomic E-state index is 12.1. The number of hydrogen-bond donors (Lipinski definition) is 0. The molecule has 0 N–H and O–H groups in total. The van der Waals surface area contributed by atoms with E-state index in [9.17, 15) is 9.59 Å². The highest BCUT2D eigenvalue weighted by Gasteiger charge is 2.25. The van der Waals surface area contributed by atoms with Gasteiger partial charge < -0.3 is 9.47 Å². The number of rotatable bonds is 6. The second-order valence-corrected chi connectivity index (χ2v) is 4.76. The smallest absolute Gasteiger partial charge is 0.342 e. The van der Waals surface area contributed by atoms with Gasteiger partial charge in [-0.1, -0.05) is 28.1 Å². The van der Waals surface area contributed by atoms with Gasteiger partial charge in [0.2, 0.25) is 0 Å². The molecule has 0 spiro atoms. The third kappa shape index (κ3) is 3.80. The second kappa shape index (κ2) is 7.28. The molecule has 0 bridgehead atoms. The molecule has 104 valence electrons. The molecular weight excluding hydrogens is 312 g/mol. The molecule has 1 unspecified atom stereocenters. The normalized spacial score (nSPS) is 11.8. The summed E-state index contributed by atoms with van der Waals surface area (Å²) < 4.78 is 10.5. The molecule has 1 rings (SSSR count). The molecule has 0 aliphatic rings. The fourth-order valence-corrected chi connectivity index (χ4v) is 2.06. The number of esters is 1. The van der Waals surface area contributed by atoms with E-state index in [1.807, 2.05) is 6.92 Å². The van der Waals surface area contributed by atoms with Gasteiger partial charge in [-0.05, 0) is 32.4 Å². The zero-order valence-corrected chi connectivity index (χ0v) is 12.8. The van der Waals surface area contributed by atoms with Crippen LogP contribution in [0.2, 0.25) is 0 Å². The molecule has 0 fully saturated rings. The van der Waals surface area contributed by atoms with E-state index in [-0.39, 0.29) is 12.4 Å². The first-order valence-electron chi connectivity index (χ1n) is 6.10. The number of carbonyl (C=O) groups is 2. The molecule has 1 aromatic carbocycles.